The van der Waals surface area contributed by atoms with Crippen LogP contribution in [0.25, 0.3) is 0 Å². The molecule has 1 aliphatic carbocycles. The van der Waals surface area contributed by atoms with Gasteiger partial charge in [-0.25, -0.2) is 0 Å². The fourth-order valence-electron chi connectivity index (χ4n) is 1.42. The average molecular weight is 228 g/mol. The molecule has 0 N–H and O–H groups in total. The summed E-state index contributed by atoms with van der Waals surface area (Å²) in [5.41, 5.74) is 1.25. The van der Waals surface area contributed by atoms with E-state index < -0.39 is 0 Å². The van der Waals surface area contributed by atoms with Gasteiger partial charge >= 0.3 is 0 Å². The Morgan fingerprint density at radius 1 is 1.00 bits per heavy atom. The first kappa shape index (κ1) is 13.3. The van der Waals surface area contributed by atoms with Crippen molar-refractivity contribution in [2.45, 2.75) is 27.2 Å². The van der Waals surface area contributed by atoms with Crippen LogP contribution in [0.3, 0.4) is 0 Å². The first-order valence-electron chi connectivity index (χ1n) is 6.11. The topological polar surface area (TPSA) is 9.23 Å². The molecule has 0 saturated carbocycles. The standard InChI is InChI=1S/C14H14O.C2H6/c1-12-6-5-9-14(11-10-12)15-13-7-3-2-4-8-13;1-2/h2-8,10-11H,9H2,1H3;1-2H3. The highest BCUT2D eigenvalue weighted by Crippen LogP contribution is 2.17. The molecule has 0 saturated heterocycles. The van der Waals surface area contributed by atoms with Crippen LogP contribution in [0.15, 0.2) is 66.0 Å². The Hall–Kier alpha value is -1.76. The Morgan fingerprint density at radius 3 is 2.41 bits per heavy atom. The van der Waals surface area contributed by atoms with Crippen LogP contribution in [-0.4, -0.2) is 0 Å². The van der Waals surface area contributed by atoms with E-state index in [2.05, 4.69) is 25.2 Å². The Kier molecular flexibility index (Phi) is 5.87. The van der Waals surface area contributed by atoms with E-state index in [4.69, 9.17) is 4.74 Å². The minimum Gasteiger partial charge on any atom is -0.461 e. The number of ether oxygens (including phenoxy) is 1. The number of hydrogen-bond acceptors (Lipinski definition) is 1. The molecule has 1 aromatic rings. The summed E-state index contributed by atoms with van der Waals surface area (Å²) in [6.45, 7) is 6.08. The maximum absolute atomic E-state index is 5.75. The van der Waals surface area contributed by atoms with Gasteiger partial charge in [-0.1, -0.05) is 55.8 Å². The first-order valence-corrected chi connectivity index (χ1v) is 6.11. The molecular weight excluding hydrogens is 208 g/mol. The normalized spacial score (nSPS) is 13.8. The second-order valence-electron chi connectivity index (χ2n) is 3.57. The van der Waals surface area contributed by atoms with Crippen LogP contribution >= 0.6 is 0 Å². The highest BCUT2D eigenvalue weighted by atomic mass is 16.5. The van der Waals surface area contributed by atoms with Crippen molar-refractivity contribution < 1.29 is 4.74 Å². The van der Waals surface area contributed by atoms with E-state index in [9.17, 15) is 0 Å². The number of para-hydroxylation sites is 1. The fourth-order valence-corrected chi connectivity index (χ4v) is 1.42. The van der Waals surface area contributed by atoms with Gasteiger partial charge in [0.05, 0.1) is 0 Å². The molecule has 1 heteroatoms. The van der Waals surface area contributed by atoms with Crippen LogP contribution < -0.4 is 4.74 Å². The van der Waals surface area contributed by atoms with Crippen LogP contribution in [0.1, 0.15) is 27.2 Å². The van der Waals surface area contributed by atoms with Gasteiger partial charge in [-0.05, 0) is 25.1 Å². The molecule has 2 rings (SSSR count). The lowest BCUT2D eigenvalue weighted by atomic mass is 10.3. The third-order valence-corrected chi connectivity index (χ3v) is 2.22. The molecule has 0 atom stereocenters. The number of allylic oxidation sites excluding steroid dienone is 5. The molecular formula is C16H20O. The van der Waals surface area contributed by atoms with Gasteiger partial charge in [0.25, 0.3) is 0 Å². The summed E-state index contributed by atoms with van der Waals surface area (Å²) in [6, 6.07) is 9.86. The lowest BCUT2D eigenvalue weighted by molar-refractivity contribution is 0.416. The fraction of sp³-hybridized carbons (Fsp3) is 0.250. The minimum atomic E-state index is 0.850. The van der Waals surface area contributed by atoms with Gasteiger partial charge in [0, 0.05) is 6.42 Å². The molecule has 0 radical (unpaired) electrons. The maximum atomic E-state index is 5.75. The van der Waals surface area contributed by atoms with E-state index in [0.717, 1.165) is 17.9 Å². The monoisotopic (exact) mass is 228 g/mol. The lowest BCUT2D eigenvalue weighted by Crippen LogP contribution is -1.92. The van der Waals surface area contributed by atoms with Crippen LogP contribution in [0.4, 0.5) is 0 Å². The average Bonchev–Trinajstić information content (AvgIpc) is 2.58. The highest BCUT2D eigenvalue weighted by molar-refractivity contribution is 5.30. The minimum absolute atomic E-state index is 0.850. The molecule has 0 heterocycles. The van der Waals surface area contributed by atoms with E-state index in [1.807, 2.05) is 50.3 Å². The number of benzene rings is 1. The van der Waals surface area contributed by atoms with Gasteiger partial charge in [0.2, 0.25) is 0 Å². The third kappa shape index (κ3) is 4.73. The molecule has 17 heavy (non-hydrogen) atoms. The SMILES string of the molecule is CC.CC1=CC=C(Oc2ccccc2)CC=C1. The quantitative estimate of drug-likeness (QED) is 0.700. The van der Waals surface area contributed by atoms with E-state index >= 15 is 0 Å². The molecule has 90 valence electrons. The second kappa shape index (κ2) is 7.50. The molecule has 0 fully saturated rings. The van der Waals surface area contributed by atoms with Crippen molar-refractivity contribution in [3.05, 3.63) is 66.0 Å². The molecule has 0 amide bonds. The Morgan fingerprint density at radius 2 is 1.71 bits per heavy atom. The Balaban J connectivity index is 0.000000686. The van der Waals surface area contributed by atoms with Crippen molar-refractivity contribution in [3.63, 3.8) is 0 Å². The maximum Gasteiger partial charge on any atom is 0.126 e. The predicted octanol–water partition coefficient (Wildman–Crippen LogP) is 4.88. The van der Waals surface area contributed by atoms with Crippen molar-refractivity contribution in [3.8, 4) is 5.75 Å². The predicted molar refractivity (Wildman–Crippen MR) is 74.0 cm³/mol. The summed E-state index contributed by atoms with van der Waals surface area (Å²) in [5.74, 6) is 1.87. The molecule has 1 aliphatic rings. The van der Waals surface area contributed by atoms with Crippen molar-refractivity contribution in [2.75, 3.05) is 0 Å². The van der Waals surface area contributed by atoms with Crippen LogP contribution in [-0.2, 0) is 0 Å². The summed E-state index contributed by atoms with van der Waals surface area (Å²) in [4.78, 5) is 0. The van der Waals surface area contributed by atoms with Crippen molar-refractivity contribution in [1.29, 1.82) is 0 Å². The van der Waals surface area contributed by atoms with E-state index in [1.165, 1.54) is 5.57 Å². The number of hydrogen-bond donors (Lipinski definition) is 0. The number of rotatable bonds is 2. The largest absolute Gasteiger partial charge is 0.461 e. The molecule has 0 unspecified atom stereocenters. The summed E-state index contributed by atoms with van der Waals surface area (Å²) >= 11 is 0. The lowest BCUT2D eigenvalue weighted by Gasteiger charge is -2.06. The van der Waals surface area contributed by atoms with E-state index in [1.54, 1.807) is 0 Å². The zero-order valence-electron chi connectivity index (χ0n) is 10.8. The molecule has 1 aromatic carbocycles. The highest BCUT2D eigenvalue weighted by Gasteiger charge is 1.99. The van der Waals surface area contributed by atoms with Gasteiger partial charge in [0.1, 0.15) is 11.5 Å². The van der Waals surface area contributed by atoms with Crippen molar-refractivity contribution in [1.82, 2.24) is 0 Å². The zero-order valence-corrected chi connectivity index (χ0v) is 10.8. The molecule has 0 aromatic heterocycles. The smallest absolute Gasteiger partial charge is 0.126 e. The molecule has 0 bridgehead atoms. The summed E-state index contributed by atoms with van der Waals surface area (Å²) < 4.78 is 5.75. The van der Waals surface area contributed by atoms with Gasteiger partial charge in [0.15, 0.2) is 0 Å². The van der Waals surface area contributed by atoms with Gasteiger partial charge in [-0.3, -0.25) is 0 Å². The molecule has 0 spiro atoms. The van der Waals surface area contributed by atoms with Gasteiger partial charge in [-0.2, -0.15) is 0 Å². The van der Waals surface area contributed by atoms with Crippen molar-refractivity contribution in [2.24, 2.45) is 0 Å². The molecule has 1 nitrogen and oxygen atoms in total. The summed E-state index contributed by atoms with van der Waals surface area (Å²) in [7, 11) is 0. The van der Waals surface area contributed by atoms with Gasteiger partial charge < -0.3 is 4.74 Å². The molecule has 0 aliphatic heterocycles. The van der Waals surface area contributed by atoms with Crippen LogP contribution in [0.5, 0.6) is 5.75 Å². The van der Waals surface area contributed by atoms with E-state index in [-0.39, 0.29) is 0 Å². The van der Waals surface area contributed by atoms with Crippen LogP contribution in [0, 0.1) is 0 Å². The Labute approximate surface area is 104 Å². The summed E-state index contributed by atoms with van der Waals surface area (Å²) in [5, 5.41) is 0. The third-order valence-electron chi connectivity index (χ3n) is 2.22. The van der Waals surface area contributed by atoms with E-state index in [0.29, 0.717) is 0 Å². The Bertz CT molecular complexity index is 410. The van der Waals surface area contributed by atoms with Crippen LogP contribution in [0.2, 0.25) is 0 Å². The zero-order chi connectivity index (χ0) is 12.5. The summed E-state index contributed by atoms with van der Waals surface area (Å²) in [6.07, 6.45) is 9.18. The first-order chi connectivity index (χ1) is 8.34. The van der Waals surface area contributed by atoms with Crippen molar-refractivity contribution >= 4 is 0 Å². The second-order valence-corrected chi connectivity index (χ2v) is 3.57. The van der Waals surface area contributed by atoms with Gasteiger partial charge in [-0.15, -0.1) is 0 Å².